The third-order valence-corrected chi connectivity index (χ3v) is 3.21. The van der Waals surface area contributed by atoms with E-state index in [1.54, 1.807) is 0 Å². The number of halogens is 1. The first-order chi connectivity index (χ1) is 7.08. The van der Waals surface area contributed by atoms with Crippen LogP contribution in [0.3, 0.4) is 0 Å². The molecule has 1 heterocycles. The minimum absolute atomic E-state index is 0.0236. The summed E-state index contributed by atoms with van der Waals surface area (Å²) in [6, 6.07) is 6.08. The highest BCUT2D eigenvalue weighted by Gasteiger charge is 2.31. The van der Waals surface area contributed by atoms with Gasteiger partial charge in [0, 0.05) is 10.0 Å². The molecule has 0 bridgehead atoms. The van der Waals surface area contributed by atoms with Gasteiger partial charge < -0.3 is 10.5 Å². The van der Waals surface area contributed by atoms with Crippen LogP contribution < -0.4 is 10.5 Å². The molecule has 3 heteroatoms. The predicted molar refractivity (Wildman–Crippen MR) is 64.9 cm³/mol. The molecule has 0 radical (unpaired) electrons. The summed E-state index contributed by atoms with van der Waals surface area (Å²) in [5.74, 6) is 1.54. The van der Waals surface area contributed by atoms with Gasteiger partial charge in [0.25, 0.3) is 0 Å². The monoisotopic (exact) mass is 269 g/mol. The van der Waals surface area contributed by atoms with Crippen LogP contribution in [0.2, 0.25) is 0 Å². The van der Waals surface area contributed by atoms with Crippen molar-refractivity contribution >= 4 is 15.9 Å². The Hall–Kier alpha value is -0.540. The van der Waals surface area contributed by atoms with Crippen LogP contribution in [0.4, 0.5) is 0 Å². The molecule has 0 aliphatic carbocycles. The highest BCUT2D eigenvalue weighted by Crippen LogP contribution is 2.38. The Morgan fingerprint density at radius 1 is 1.47 bits per heavy atom. The Morgan fingerprint density at radius 2 is 2.20 bits per heavy atom. The summed E-state index contributed by atoms with van der Waals surface area (Å²) in [5, 5.41) is 0. The molecule has 1 aliphatic rings. The maximum atomic E-state index is 6.15. The van der Waals surface area contributed by atoms with Gasteiger partial charge in [0.05, 0.1) is 6.04 Å². The molecule has 0 saturated heterocycles. The Labute approximate surface area is 98.9 Å². The molecule has 0 spiro atoms. The molecule has 1 aromatic rings. The van der Waals surface area contributed by atoms with Crippen LogP contribution in [0, 0.1) is 5.92 Å². The lowest BCUT2D eigenvalue weighted by Gasteiger charge is -2.17. The van der Waals surface area contributed by atoms with E-state index in [0.29, 0.717) is 5.92 Å². The first-order valence-electron chi connectivity index (χ1n) is 5.29. The molecule has 0 amide bonds. The fourth-order valence-electron chi connectivity index (χ4n) is 1.98. The van der Waals surface area contributed by atoms with Gasteiger partial charge in [-0.3, -0.25) is 0 Å². The smallest absolute Gasteiger partial charge is 0.125 e. The van der Waals surface area contributed by atoms with Crippen molar-refractivity contribution < 1.29 is 4.74 Å². The van der Waals surface area contributed by atoms with Gasteiger partial charge in [-0.1, -0.05) is 35.8 Å². The Kier molecular flexibility index (Phi) is 3.03. The van der Waals surface area contributed by atoms with Crippen molar-refractivity contribution in [2.24, 2.45) is 11.7 Å². The molecule has 0 saturated carbocycles. The maximum Gasteiger partial charge on any atom is 0.125 e. The average molecular weight is 270 g/mol. The van der Waals surface area contributed by atoms with Gasteiger partial charge in [-0.05, 0) is 24.5 Å². The number of nitrogens with two attached hydrogens (primary N) is 1. The van der Waals surface area contributed by atoms with Crippen LogP contribution in [0.5, 0.6) is 5.75 Å². The van der Waals surface area contributed by atoms with E-state index in [-0.39, 0.29) is 12.1 Å². The Balaban J connectivity index is 2.21. The van der Waals surface area contributed by atoms with E-state index in [1.165, 1.54) is 0 Å². The van der Waals surface area contributed by atoms with Crippen molar-refractivity contribution in [1.82, 2.24) is 0 Å². The second kappa shape index (κ2) is 4.14. The number of hydrogen-bond acceptors (Lipinski definition) is 2. The molecule has 2 unspecified atom stereocenters. The van der Waals surface area contributed by atoms with Crippen LogP contribution in [-0.4, -0.2) is 6.10 Å². The highest BCUT2D eigenvalue weighted by molar-refractivity contribution is 9.10. The van der Waals surface area contributed by atoms with Crippen molar-refractivity contribution in [1.29, 1.82) is 0 Å². The van der Waals surface area contributed by atoms with E-state index in [9.17, 15) is 0 Å². The molecule has 2 nitrogen and oxygen atoms in total. The molecule has 0 fully saturated rings. The Bertz CT molecular complexity index is 365. The number of hydrogen-bond donors (Lipinski definition) is 1. The van der Waals surface area contributed by atoms with Crippen molar-refractivity contribution in [3.8, 4) is 5.75 Å². The number of fused-ring (bicyclic) bond motifs is 1. The Morgan fingerprint density at radius 3 is 2.87 bits per heavy atom. The minimum Gasteiger partial charge on any atom is -0.488 e. The zero-order valence-electron chi connectivity index (χ0n) is 9.03. The third kappa shape index (κ3) is 2.18. The summed E-state index contributed by atoms with van der Waals surface area (Å²) in [6.07, 6.45) is 1.14. The standard InChI is InChI=1S/C12H16BrNO/c1-7(2)5-11-12(14)9-4-3-8(13)6-10(9)15-11/h3-4,6-7,11-12H,5,14H2,1-2H3. The zero-order valence-corrected chi connectivity index (χ0v) is 10.6. The van der Waals surface area contributed by atoms with Crippen molar-refractivity contribution in [3.05, 3.63) is 28.2 Å². The van der Waals surface area contributed by atoms with Gasteiger partial charge in [0.15, 0.2) is 0 Å². The van der Waals surface area contributed by atoms with E-state index in [0.717, 1.165) is 22.2 Å². The van der Waals surface area contributed by atoms with Gasteiger partial charge in [-0.25, -0.2) is 0 Å². The SMILES string of the molecule is CC(C)CC1Oc2cc(Br)ccc2C1N. The number of benzene rings is 1. The summed E-state index contributed by atoms with van der Waals surface area (Å²) in [7, 11) is 0. The molecular weight excluding hydrogens is 254 g/mol. The molecule has 1 aromatic carbocycles. The van der Waals surface area contributed by atoms with E-state index in [4.69, 9.17) is 10.5 Å². The van der Waals surface area contributed by atoms with Crippen molar-refractivity contribution in [2.45, 2.75) is 32.4 Å². The first kappa shape index (κ1) is 11.0. The minimum atomic E-state index is 0.0236. The quantitative estimate of drug-likeness (QED) is 0.895. The average Bonchev–Trinajstić information content (AvgIpc) is 2.42. The van der Waals surface area contributed by atoms with Gasteiger partial charge >= 0.3 is 0 Å². The molecule has 2 N–H and O–H groups in total. The van der Waals surface area contributed by atoms with Gasteiger partial charge in [0.1, 0.15) is 11.9 Å². The second-order valence-corrected chi connectivity index (χ2v) is 5.41. The van der Waals surface area contributed by atoms with Crippen molar-refractivity contribution in [2.75, 3.05) is 0 Å². The van der Waals surface area contributed by atoms with Gasteiger partial charge in [0.2, 0.25) is 0 Å². The lowest BCUT2D eigenvalue weighted by atomic mass is 9.98. The molecule has 82 valence electrons. The highest BCUT2D eigenvalue weighted by atomic mass is 79.9. The van der Waals surface area contributed by atoms with Crippen LogP contribution in [0.25, 0.3) is 0 Å². The van der Waals surface area contributed by atoms with Crippen LogP contribution in [-0.2, 0) is 0 Å². The number of rotatable bonds is 2. The van der Waals surface area contributed by atoms with Crippen LogP contribution in [0.1, 0.15) is 31.9 Å². The van der Waals surface area contributed by atoms with Crippen LogP contribution in [0.15, 0.2) is 22.7 Å². The largest absolute Gasteiger partial charge is 0.488 e. The molecule has 15 heavy (non-hydrogen) atoms. The van der Waals surface area contributed by atoms with E-state index in [1.807, 2.05) is 18.2 Å². The number of ether oxygens (including phenoxy) is 1. The van der Waals surface area contributed by atoms with Gasteiger partial charge in [-0.15, -0.1) is 0 Å². The lowest BCUT2D eigenvalue weighted by molar-refractivity contribution is 0.178. The zero-order chi connectivity index (χ0) is 11.0. The molecule has 0 aromatic heterocycles. The molecule has 1 aliphatic heterocycles. The molecule has 2 rings (SSSR count). The summed E-state index contributed by atoms with van der Waals surface area (Å²) in [5.41, 5.74) is 7.28. The third-order valence-electron chi connectivity index (χ3n) is 2.72. The summed E-state index contributed by atoms with van der Waals surface area (Å²) < 4.78 is 6.90. The van der Waals surface area contributed by atoms with E-state index < -0.39 is 0 Å². The second-order valence-electron chi connectivity index (χ2n) is 4.49. The summed E-state index contributed by atoms with van der Waals surface area (Å²) >= 11 is 3.43. The van der Waals surface area contributed by atoms with Gasteiger partial charge in [-0.2, -0.15) is 0 Å². The normalized spacial score (nSPS) is 24.1. The molecular formula is C12H16BrNO. The predicted octanol–water partition coefficient (Wildman–Crippen LogP) is 3.26. The summed E-state index contributed by atoms with van der Waals surface area (Å²) in [6.45, 7) is 4.38. The first-order valence-corrected chi connectivity index (χ1v) is 6.09. The fourth-order valence-corrected chi connectivity index (χ4v) is 2.32. The van der Waals surface area contributed by atoms with Crippen molar-refractivity contribution in [3.63, 3.8) is 0 Å². The summed E-state index contributed by atoms with van der Waals surface area (Å²) in [4.78, 5) is 0. The van der Waals surface area contributed by atoms with E-state index >= 15 is 0 Å². The fraction of sp³-hybridized carbons (Fsp3) is 0.500. The maximum absolute atomic E-state index is 6.15. The lowest BCUT2D eigenvalue weighted by Crippen LogP contribution is -2.26. The van der Waals surface area contributed by atoms with Crippen LogP contribution >= 0.6 is 15.9 Å². The molecule has 2 atom stereocenters. The van der Waals surface area contributed by atoms with E-state index in [2.05, 4.69) is 29.8 Å². The topological polar surface area (TPSA) is 35.2 Å².